The molecule has 0 bridgehead atoms. The van der Waals surface area contributed by atoms with Crippen LogP contribution in [0.4, 0.5) is 10.5 Å². The third-order valence-corrected chi connectivity index (χ3v) is 3.24. The summed E-state index contributed by atoms with van der Waals surface area (Å²) in [5.41, 5.74) is 1.91. The Morgan fingerprint density at radius 1 is 1.12 bits per heavy atom. The molecule has 2 N–H and O–H groups in total. The predicted molar refractivity (Wildman–Crippen MR) is 96.6 cm³/mol. The Morgan fingerprint density at radius 2 is 1.88 bits per heavy atom. The first kappa shape index (κ1) is 18.1. The van der Waals surface area contributed by atoms with Gasteiger partial charge in [0.2, 0.25) is 0 Å². The molecule has 6 nitrogen and oxygen atoms in total. The number of amides is 2. The van der Waals surface area contributed by atoms with Crippen LogP contribution in [-0.2, 0) is 4.74 Å². The molecule has 0 fully saturated rings. The molecule has 0 saturated heterocycles. The van der Waals surface area contributed by atoms with Gasteiger partial charge in [0.25, 0.3) is 0 Å². The van der Waals surface area contributed by atoms with Crippen LogP contribution in [0.1, 0.15) is 22.8 Å². The summed E-state index contributed by atoms with van der Waals surface area (Å²) in [6, 6.07) is 13.5. The van der Waals surface area contributed by atoms with Gasteiger partial charge in [0.15, 0.2) is 0 Å². The van der Waals surface area contributed by atoms with Crippen LogP contribution in [-0.4, -0.2) is 25.7 Å². The second kappa shape index (κ2) is 9.12. The van der Waals surface area contributed by atoms with Crippen LogP contribution in [0.25, 0.3) is 6.08 Å². The molecule has 25 heavy (non-hydrogen) atoms. The van der Waals surface area contributed by atoms with Gasteiger partial charge in [0, 0.05) is 11.9 Å². The maximum absolute atomic E-state index is 11.9. The first-order valence-corrected chi connectivity index (χ1v) is 7.77. The van der Waals surface area contributed by atoms with Crippen LogP contribution in [0.2, 0.25) is 0 Å². The summed E-state index contributed by atoms with van der Waals surface area (Å²) >= 11 is 0. The minimum absolute atomic E-state index is 0.320. The quantitative estimate of drug-likeness (QED) is 0.787. The van der Waals surface area contributed by atoms with Crippen LogP contribution in [0, 0.1) is 0 Å². The van der Waals surface area contributed by atoms with Gasteiger partial charge >= 0.3 is 12.0 Å². The van der Waals surface area contributed by atoms with Crippen molar-refractivity contribution in [2.45, 2.75) is 6.92 Å². The number of esters is 1. The van der Waals surface area contributed by atoms with Gasteiger partial charge in [0.1, 0.15) is 5.75 Å². The van der Waals surface area contributed by atoms with Crippen molar-refractivity contribution in [3.63, 3.8) is 0 Å². The predicted octanol–water partition coefficient (Wildman–Crippen LogP) is 3.66. The molecule has 0 heterocycles. The van der Waals surface area contributed by atoms with Crippen LogP contribution in [0.3, 0.4) is 0 Å². The first-order valence-electron chi connectivity index (χ1n) is 7.77. The Kier molecular flexibility index (Phi) is 6.59. The molecule has 0 aromatic heterocycles. The molecule has 2 aromatic carbocycles. The number of carbonyl (C=O) groups excluding carboxylic acids is 2. The van der Waals surface area contributed by atoms with Gasteiger partial charge in [-0.25, -0.2) is 9.59 Å². The number of methoxy groups -OCH3 is 1. The zero-order valence-corrected chi connectivity index (χ0v) is 14.1. The van der Waals surface area contributed by atoms with Crippen molar-refractivity contribution in [2.75, 3.05) is 19.0 Å². The highest BCUT2D eigenvalue weighted by Crippen LogP contribution is 2.13. The van der Waals surface area contributed by atoms with Crippen molar-refractivity contribution in [3.8, 4) is 5.75 Å². The van der Waals surface area contributed by atoms with Gasteiger partial charge in [-0.3, -0.25) is 0 Å². The minimum atomic E-state index is -0.389. The van der Waals surface area contributed by atoms with Crippen molar-refractivity contribution in [1.29, 1.82) is 0 Å². The van der Waals surface area contributed by atoms with Crippen molar-refractivity contribution in [2.24, 2.45) is 0 Å². The normalized spacial score (nSPS) is 10.3. The van der Waals surface area contributed by atoms with E-state index in [0.717, 1.165) is 11.3 Å². The molecule has 0 aliphatic rings. The fraction of sp³-hybridized carbons (Fsp3) is 0.158. The summed E-state index contributed by atoms with van der Waals surface area (Å²) < 4.78 is 10.0. The minimum Gasteiger partial charge on any atom is -0.497 e. The molecule has 0 radical (unpaired) electrons. The maximum Gasteiger partial charge on any atom is 0.338 e. The monoisotopic (exact) mass is 340 g/mol. The molecular weight excluding hydrogens is 320 g/mol. The number of rotatable bonds is 6. The summed E-state index contributed by atoms with van der Waals surface area (Å²) in [4.78, 5) is 23.4. The Bertz CT molecular complexity index is 754. The summed E-state index contributed by atoms with van der Waals surface area (Å²) in [7, 11) is 1.60. The molecule has 0 unspecified atom stereocenters. The molecule has 0 spiro atoms. The SMILES string of the molecule is CCOC(=O)c1ccc(NC(=O)N/C=C/c2cccc(OC)c2)cc1. The number of ether oxygens (including phenoxy) is 2. The van der Waals surface area contributed by atoms with Gasteiger partial charge in [-0.05, 0) is 55.0 Å². The lowest BCUT2D eigenvalue weighted by Gasteiger charge is -2.06. The smallest absolute Gasteiger partial charge is 0.338 e. The largest absolute Gasteiger partial charge is 0.497 e. The molecule has 0 atom stereocenters. The maximum atomic E-state index is 11.9. The molecule has 6 heteroatoms. The third kappa shape index (κ3) is 5.69. The number of carbonyl (C=O) groups is 2. The van der Waals surface area contributed by atoms with E-state index in [1.54, 1.807) is 44.4 Å². The number of nitrogens with one attached hydrogen (secondary N) is 2. The molecule has 2 aromatic rings. The van der Waals surface area contributed by atoms with Crippen LogP contribution in [0.15, 0.2) is 54.7 Å². The number of hydrogen-bond donors (Lipinski definition) is 2. The lowest BCUT2D eigenvalue weighted by molar-refractivity contribution is 0.0526. The van der Waals surface area contributed by atoms with E-state index in [1.165, 1.54) is 6.20 Å². The van der Waals surface area contributed by atoms with Crippen molar-refractivity contribution in [3.05, 3.63) is 65.9 Å². The lowest BCUT2D eigenvalue weighted by atomic mass is 10.2. The van der Waals surface area contributed by atoms with Gasteiger partial charge in [-0.15, -0.1) is 0 Å². The summed E-state index contributed by atoms with van der Waals surface area (Å²) in [6.45, 7) is 2.07. The first-order chi connectivity index (χ1) is 12.1. The molecule has 0 aliphatic heterocycles. The third-order valence-electron chi connectivity index (χ3n) is 3.24. The van der Waals surface area contributed by atoms with E-state index in [4.69, 9.17) is 9.47 Å². The second-order valence-corrected chi connectivity index (χ2v) is 5.01. The van der Waals surface area contributed by atoms with E-state index >= 15 is 0 Å². The van der Waals surface area contributed by atoms with Crippen molar-refractivity contribution >= 4 is 23.8 Å². The average molecular weight is 340 g/mol. The molecule has 0 aliphatic carbocycles. The lowest BCUT2D eigenvalue weighted by Crippen LogP contribution is -2.23. The Balaban J connectivity index is 1.87. The van der Waals surface area contributed by atoms with E-state index in [1.807, 2.05) is 24.3 Å². The fourth-order valence-electron chi connectivity index (χ4n) is 2.03. The molecule has 2 amide bonds. The van der Waals surface area contributed by atoms with E-state index in [-0.39, 0.29) is 12.0 Å². The number of urea groups is 1. The van der Waals surface area contributed by atoms with Crippen molar-refractivity contribution in [1.82, 2.24) is 5.32 Å². The summed E-state index contributed by atoms with van der Waals surface area (Å²) in [5, 5.41) is 5.28. The standard InChI is InChI=1S/C19H20N2O4/c1-3-25-18(22)15-7-9-16(10-8-15)21-19(23)20-12-11-14-5-4-6-17(13-14)24-2/h4-13H,3H2,1-2H3,(H2,20,21,23)/b12-11+. The van der Waals surface area contributed by atoms with Gasteiger partial charge in [0.05, 0.1) is 19.3 Å². The zero-order valence-electron chi connectivity index (χ0n) is 14.1. The molecule has 0 saturated carbocycles. The highest BCUT2D eigenvalue weighted by atomic mass is 16.5. The van der Waals surface area contributed by atoms with E-state index in [2.05, 4.69) is 10.6 Å². The Morgan fingerprint density at radius 3 is 2.56 bits per heavy atom. The highest BCUT2D eigenvalue weighted by Gasteiger charge is 2.06. The fourth-order valence-corrected chi connectivity index (χ4v) is 2.03. The molecule has 130 valence electrons. The number of hydrogen-bond acceptors (Lipinski definition) is 4. The van der Waals surface area contributed by atoms with Crippen LogP contribution >= 0.6 is 0 Å². The number of anilines is 1. The second-order valence-electron chi connectivity index (χ2n) is 5.01. The van der Waals surface area contributed by atoms with Gasteiger partial charge in [-0.1, -0.05) is 12.1 Å². The van der Waals surface area contributed by atoms with Crippen LogP contribution < -0.4 is 15.4 Å². The average Bonchev–Trinajstić information content (AvgIpc) is 2.62. The Labute approximate surface area is 146 Å². The summed E-state index contributed by atoms with van der Waals surface area (Å²) in [6.07, 6.45) is 3.29. The highest BCUT2D eigenvalue weighted by molar-refractivity contribution is 5.92. The van der Waals surface area contributed by atoms with Crippen LogP contribution in [0.5, 0.6) is 5.75 Å². The molecular formula is C19H20N2O4. The topological polar surface area (TPSA) is 76.7 Å². The van der Waals surface area contributed by atoms with E-state index < -0.39 is 0 Å². The Hall–Kier alpha value is -3.28. The van der Waals surface area contributed by atoms with Crippen molar-refractivity contribution < 1.29 is 19.1 Å². The molecule has 2 rings (SSSR count). The van der Waals surface area contributed by atoms with Gasteiger partial charge < -0.3 is 20.1 Å². The number of benzene rings is 2. The summed E-state index contributed by atoms with van der Waals surface area (Å²) in [5.74, 6) is 0.355. The van der Waals surface area contributed by atoms with E-state index in [9.17, 15) is 9.59 Å². The van der Waals surface area contributed by atoms with E-state index in [0.29, 0.717) is 17.9 Å². The van der Waals surface area contributed by atoms with Gasteiger partial charge in [-0.2, -0.15) is 0 Å². The zero-order chi connectivity index (χ0) is 18.1.